The van der Waals surface area contributed by atoms with Crippen molar-refractivity contribution in [2.75, 3.05) is 6.61 Å². The minimum Gasteiger partial charge on any atom is -0.394 e. The Labute approximate surface area is 144 Å². The number of aliphatic hydroxyl groups excluding tert-OH is 1. The third kappa shape index (κ3) is 17.7. The van der Waals surface area contributed by atoms with Gasteiger partial charge in [-0.1, -0.05) is 115 Å². The highest BCUT2D eigenvalue weighted by Crippen LogP contribution is 2.14. The van der Waals surface area contributed by atoms with Crippen LogP contribution in [0.4, 0.5) is 0 Å². The van der Waals surface area contributed by atoms with Gasteiger partial charge < -0.3 is 5.11 Å². The van der Waals surface area contributed by atoms with Crippen molar-refractivity contribution in [2.24, 2.45) is 5.18 Å². The summed E-state index contributed by atoms with van der Waals surface area (Å²) in [5.74, 6) is 0. The quantitative estimate of drug-likeness (QED) is 0.210. The Bertz CT molecular complexity index is 234. The van der Waals surface area contributed by atoms with E-state index in [-0.39, 0.29) is 12.6 Å². The minimum absolute atomic E-state index is 0.0950. The SMILES string of the molecule is CCCCCCCCCCCCCCCCCCC(CO)N=O. The van der Waals surface area contributed by atoms with Crippen LogP contribution in [-0.2, 0) is 0 Å². The molecule has 0 radical (unpaired) electrons. The Hall–Kier alpha value is -0.440. The van der Waals surface area contributed by atoms with Gasteiger partial charge in [0.05, 0.1) is 6.61 Å². The average molecular weight is 328 g/mol. The monoisotopic (exact) mass is 327 g/mol. The molecular formula is C20H41NO2. The van der Waals surface area contributed by atoms with Gasteiger partial charge in [-0.2, -0.15) is 4.91 Å². The van der Waals surface area contributed by atoms with Crippen molar-refractivity contribution in [3.63, 3.8) is 0 Å². The zero-order valence-electron chi connectivity index (χ0n) is 15.6. The fourth-order valence-electron chi connectivity index (χ4n) is 3.11. The van der Waals surface area contributed by atoms with E-state index in [4.69, 9.17) is 5.11 Å². The van der Waals surface area contributed by atoms with Crippen LogP contribution < -0.4 is 0 Å². The van der Waals surface area contributed by atoms with E-state index in [1.165, 1.54) is 96.3 Å². The summed E-state index contributed by atoms with van der Waals surface area (Å²) in [6.07, 6.45) is 22.4. The predicted molar refractivity (Wildman–Crippen MR) is 101 cm³/mol. The van der Waals surface area contributed by atoms with Gasteiger partial charge in [-0.3, -0.25) is 0 Å². The molecule has 1 atom stereocenters. The third-order valence-electron chi connectivity index (χ3n) is 4.75. The highest BCUT2D eigenvalue weighted by Gasteiger charge is 2.05. The number of hydrogen-bond acceptors (Lipinski definition) is 3. The third-order valence-corrected chi connectivity index (χ3v) is 4.75. The molecular weight excluding hydrogens is 286 g/mol. The molecule has 23 heavy (non-hydrogen) atoms. The molecule has 1 unspecified atom stereocenters. The molecule has 0 spiro atoms. The highest BCUT2D eigenvalue weighted by molar-refractivity contribution is 4.63. The van der Waals surface area contributed by atoms with Crippen LogP contribution in [0.15, 0.2) is 5.18 Å². The number of aliphatic hydroxyl groups is 1. The Morgan fingerprint density at radius 3 is 1.30 bits per heavy atom. The maximum atomic E-state index is 10.3. The first-order chi connectivity index (χ1) is 11.3. The maximum Gasteiger partial charge on any atom is 0.115 e. The van der Waals surface area contributed by atoms with Crippen molar-refractivity contribution in [1.29, 1.82) is 0 Å². The minimum atomic E-state index is -0.373. The molecule has 0 aromatic rings. The predicted octanol–water partition coefficient (Wildman–Crippen LogP) is 6.77. The Morgan fingerprint density at radius 1 is 0.652 bits per heavy atom. The standard InChI is InChI=1S/C20H41NO2/c1-2-3-4-5-6-7-8-9-10-11-12-13-14-15-16-17-18-20(19-22)21-23/h20,22H,2-19H2,1H3. The van der Waals surface area contributed by atoms with Crippen LogP contribution in [0.3, 0.4) is 0 Å². The summed E-state index contributed by atoms with van der Waals surface area (Å²) in [6, 6.07) is -0.373. The molecule has 0 bridgehead atoms. The molecule has 0 aromatic carbocycles. The van der Waals surface area contributed by atoms with Crippen molar-refractivity contribution in [3.05, 3.63) is 4.91 Å². The largest absolute Gasteiger partial charge is 0.394 e. The first kappa shape index (κ1) is 22.6. The number of nitroso groups, excluding NO2 is 1. The molecule has 3 nitrogen and oxygen atoms in total. The van der Waals surface area contributed by atoms with E-state index >= 15 is 0 Å². The fourth-order valence-corrected chi connectivity index (χ4v) is 3.11. The molecule has 138 valence electrons. The Morgan fingerprint density at radius 2 is 1.00 bits per heavy atom. The van der Waals surface area contributed by atoms with Gasteiger partial charge in [-0.15, -0.1) is 0 Å². The summed E-state index contributed by atoms with van der Waals surface area (Å²) in [5, 5.41) is 11.8. The lowest BCUT2D eigenvalue weighted by molar-refractivity contribution is 0.257. The summed E-state index contributed by atoms with van der Waals surface area (Å²) in [5.41, 5.74) is 0. The molecule has 0 rings (SSSR count). The van der Waals surface area contributed by atoms with Crippen LogP contribution in [0.2, 0.25) is 0 Å². The molecule has 0 aliphatic rings. The first-order valence-electron chi connectivity index (χ1n) is 10.3. The summed E-state index contributed by atoms with van der Waals surface area (Å²) >= 11 is 0. The lowest BCUT2D eigenvalue weighted by Gasteiger charge is -2.05. The average Bonchev–Trinajstić information content (AvgIpc) is 2.58. The van der Waals surface area contributed by atoms with E-state index < -0.39 is 0 Å². The molecule has 1 N–H and O–H groups in total. The van der Waals surface area contributed by atoms with Crippen LogP contribution in [0, 0.1) is 4.91 Å². The Balaban J connectivity index is 3.04. The van der Waals surface area contributed by atoms with Gasteiger partial charge in [0, 0.05) is 0 Å². The van der Waals surface area contributed by atoms with E-state index in [0.29, 0.717) is 0 Å². The van der Waals surface area contributed by atoms with Gasteiger partial charge in [0.2, 0.25) is 0 Å². The zero-order valence-corrected chi connectivity index (χ0v) is 15.6. The van der Waals surface area contributed by atoms with Crippen molar-refractivity contribution in [3.8, 4) is 0 Å². The van der Waals surface area contributed by atoms with E-state index in [2.05, 4.69) is 12.1 Å². The van der Waals surface area contributed by atoms with Gasteiger partial charge in [0.15, 0.2) is 0 Å². The Kier molecular flexibility index (Phi) is 19.2. The smallest absolute Gasteiger partial charge is 0.115 e. The van der Waals surface area contributed by atoms with Gasteiger partial charge >= 0.3 is 0 Å². The molecule has 0 saturated carbocycles. The molecule has 0 aromatic heterocycles. The number of hydrogen-bond donors (Lipinski definition) is 1. The number of unbranched alkanes of at least 4 members (excludes halogenated alkanes) is 15. The van der Waals surface area contributed by atoms with Crippen LogP contribution in [-0.4, -0.2) is 17.8 Å². The second kappa shape index (κ2) is 19.6. The number of rotatable bonds is 19. The van der Waals surface area contributed by atoms with Crippen LogP contribution in [0.1, 0.15) is 116 Å². The zero-order chi connectivity index (χ0) is 17.0. The summed E-state index contributed by atoms with van der Waals surface area (Å²) in [4.78, 5) is 10.3. The molecule has 3 heteroatoms. The van der Waals surface area contributed by atoms with E-state index in [1.807, 2.05) is 0 Å². The molecule has 0 saturated heterocycles. The van der Waals surface area contributed by atoms with Crippen LogP contribution in [0.5, 0.6) is 0 Å². The van der Waals surface area contributed by atoms with Crippen LogP contribution >= 0.6 is 0 Å². The van der Waals surface area contributed by atoms with Crippen molar-refractivity contribution in [1.82, 2.24) is 0 Å². The maximum absolute atomic E-state index is 10.3. The summed E-state index contributed by atoms with van der Waals surface area (Å²) in [7, 11) is 0. The van der Waals surface area contributed by atoms with Crippen molar-refractivity contribution < 1.29 is 5.11 Å². The second-order valence-electron chi connectivity index (χ2n) is 7.03. The van der Waals surface area contributed by atoms with Crippen LogP contribution in [0.25, 0.3) is 0 Å². The molecule has 0 aliphatic heterocycles. The van der Waals surface area contributed by atoms with Gasteiger partial charge in [0.1, 0.15) is 6.04 Å². The first-order valence-corrected chi connectivity index (χ1v) is 10.3. The summed E-state index contributed by atoms with van der Waals surface area (Å²) < 4.78 is 0. The number of nitrogens with zero attached hydrogens (tertiary/aromatic N) is 1. The highest BCUT2D eigenvalue weighted by atomic mass is 16.3. The van der Waals surface area contributed by atoms with Gasteiger partial charge in [-0.25, -0.2) is 0 Å². The molecule has 0 amide bonds. The lowest BCUT2D eigenvalue weighted by atomic mass is 10.0. The molecule has 0 fully saturated rings. The molecule has 0 aliphatic carbocycles. The normalized spacial score (nSPS) is 12.4. The molecule has 0 heterocycles. The van der Waals surface area contributed by atoms with E-state index in [1.54, 1.807) is 0 Å². The van der Waals surface area contributed by atoms with E-state index in [9.17, 15) is 4.91 Å². The van der Waals surface area contributed by atoms with Crippen molar-refractivity contribution in [2.45, 2.75) is 122 Å². The van der Waals surface area contributed by atoms with Gasteiger partial charge in [-0.05, 0) is 6.42 Å². The van der Waals surface area contributed by atoms with Crippen molar-refractivity contribution >= 4 is 0 Å². The van der Waals surface area contributed by atoms with Gasteiger partial charge in [0.25, 0.3) is 0 Å². The van der Waals surface area contributed by atoms with E-state index in [0.717, 1.165) is 12.8 Å². The summed E-state index contributed by atoms with van der Waals surface area (Å²) in [6.45, 7) is 2.18. The fraction of sp³-hybridized carbons (Fsp3) is 1.00. The topological polar surface area (TPSA) is 49.7 Å². The lowest BCUT2D eigenvalue weighted by Crippen LogP contribution is -2.08. The second-order valence-corrected chi connectivity index (χ2v) is 7.03.